The highest BCUT2D eigenvalue weighted by molar-refractivity contribution is 5.86. The normalized spacial score (nSPS) is 10.9. The molecule has 0 aliphatic heterocycles. The molecule has 0 saturated heterocycles. The van der Waals surface area contributed by atoms with Crippen LogP contribution >= 0.6 is 0 Å². The van der Waals surface area contributed by atoms with Gasteiger partial charge in [-0.05, 0) is 56.2 Å². The monoisotopic (exact) mass is 392 g/mol. The van der Waals surface area contributed by atoms with Crippen LogP contribution in [-0.4, -0.2) is 31.9 Å². The van der Waals surface area contributed by atoms with Gasteiger partial charge in [0.25, 0.3) is 5.91 Å². The van der Waals surface area contributed by atoms with Gasteiger partial charge >= 0.3 is 6.61 Å². The zero-order chi connectivity index (χ0) is 20.5. The van der Waals surface area contributed by atoms with Crippen LogP contribution in [-0.2, 0) is 4.79 Å². The number of para-hydroxylation sites is 1. The maximum Gasteiger partial charge on any atom is 0.387 e. The van der Waals surface area contributed by atoms with Gasteiger partial charge in [-0.1, -0.05) is 12.1 Å². The van der Waals surface area contributed by atoms with Crippen LogP contribution < -0.4 is 19.6 Å². The number of hydrazone groups is 1. The summed E-state index contributed by atoms with van der Waals surface area (Å²) < 4.78 is 40.6. The summed E-state index contributed by atoms with van der Waals surface area (Å²) in [6.45, 7) is 2.61. The number of amides is 1. The summed E-state index contributed by atoms with van der Waals surface area (Å²) in [7, 11) is 0. The predicted octanol–water partition coefficient (Wildman–Crippen LogP) is 3.83. The van der Waals surface area contributed by atoms with Crippen molar-refractivity contribution in [1.29, 1.82) is 0 Å². The lowest BCUT2D eigenvalue weighted by molar-refractivity contribution is -0.123. The standard InChI is InChI=1S/C20H22F2N2O4/c1-4-26-17-7-5-6-15(19(17)28-20(21)22)11-23-24-18(25)12-27-16-9-13(2)8-14(3)10-16/h5-11,20H,4,12H2,1-3H3,(H,24,25)/b23-11-. The molecule has 28 heavy (non-hydrogen) atoms. The zero-order valence-electron chi connectivity index (χ0n) is 15.9. The average molecular weight is 392 g/mol. The Balaban J connectivity index is 1.99. The van der Waals surface area contributed by atoms with E-state index in [9.17, 15) is 13.6 Å². The minimum atomic E-state index is -3.02. The SMILES string of the molecule is CCOc1cccc(/C=N\NC(=O)COc2cc(C)cc(C)c2)c1OC(F)F. The van der Waals surface area contributed by atoms with E-state index in [1.54, 1.807) is 13.0 Å². The number of carbonyl (C=O) groups excluding carboxylic acids is 1. The van der Waals surface area contributed by atoms with Gasteiger partial charge in [0.05, 0.1) is 12.8 Å². The first-order valence-corrected chi connectivity index (χ1v) is 8.62. The quantitative estimate of drug-likeness (QED) is 0.520. The van der Waals surface area contributed by atoms with Crippen molar-refractivity contribution in [1.82, 2.24) is 5.43 Å². The molecule has 0 aromatic heterocycles. The molecule has 0 radical (unpaired) electrons. The fraction of sp³-hybridized carbons (Fsp3) is 0.300. The molecule has 0 atom stereocenters. The second-order valence-corrected chi connectivity index (χ2v) is 5.89. The fourth-order valence-corrected chi connectivity index (χ4v) is 2.49. The third kappa shape index (κ3) is 6.53. The van der Waals surface area contributed by atoms with Crippen molar-refractivity contribution in [3.63, 3.8) is 0 Å². The first kappa shape index (κ1) is 21.1. The Labute approximate surface area is 162 Å². The molecule has 1 amide bonds. The molecule has 150 valence electrons. The number of rotatable bonds is 9. The fourth-order valence-electron chi connectivity index (χ4n) is 2.49. The molecule has 6 nitrogen and oxygen atoms in total. The van der Waals surface area contributed by atoms with Crippen LogP contribution in [0.4, 0.5) is 8.78 Å². The van der Waals surface area contributed by atoms with E-state index in [4.69, 9.17) is 9.47 Å². The Kier molecular flexibility index (Phi) is 7.74. The van der Waals surface area contributed by atoms with E-state index in [1.807, 2.05) is 32.0 Å². The molecular weight excluding hydrogens is 370 g/mol. The number of ether oxygens (including phenoxy) is 3. The number of benzene rings is 2. The minimum Gasteiger partial charge on any atom is -0.490 e. The van der Waals surface area contributed by atoms with Crippen LogP contribution in [0.25, 0.3) is 0 Å². The highest BCUT2D eigenvalue weighted by Gasteiger charge is 2.14. The molecule has 1 N–H and O–H groups in total. The zero-order valence-corrected chi connectivity index (χ0v) is 15.9. The van der Waals surface area contributed by atoms with Gasteiger partial charge in [-0.25, -0.2) is 5.43 Å². The van der Waals surface area contributed by atoms with Crippen LogP contribution in [0, 0.1) is 13.8 Å². The van der Waals surface area contributed by atoms with Gasteiger partial charge in [0.2, 0.25) is 0 Å². The van der Waals surface area contributed by atoms with E-state index in [0.717, 1.165) is 11.1 Å². The summed E-state index contributed by atoms with van der Waals surface area (Å²) in [5.41, 5.74) is 4.57. The number of alkyl halides is 2. The molecule has 0 fully saturated rings. The number of aryl methyl sites for hydroxylation is 2. The second-order valence-electron chi connectivity index (χ2n) is 5.89. The maximum absolute atomic E-state index is 12.7. The molecule has 8 heteroatoms. The summed E-state index contributed by atoms with van der Waals surface area (Å²) in [5, 5.41) is 3.77. The lowest BCUT2D eigenvalue weighted by atomic mass is 10.1. The highest BCUT2D eigenvalue weighted by Crippen LogP contribution is 2.31. The second kappa shape index (κ2) is 10.2. The molecule has 2 rings (SSSR count). The molecule has 0 saturated carbocycles. The lowest BCUT2D eigenvalue weighted by Gasteiger charge is -2.13. The van der Waals surface area contributed by atoms with Crippen molar-refractivity contribution < 1.29 is 27.8 Å². The van der Waals surface area contributed by atoms with Crippen molar-refractivity contribution in [3.05, 3.63) is 53.1 Å². The van der Waals surface area contributed by atoms with Crippen LogP contribution in [0.15, 0.2) is 41.5 Å². The van der Waals surface area contributed by atoms with Gasteiger partial charge in [-0.2, -0.15) is 13.9 Å². The summed E-state index contributed by atoms with van der Waals surface area (Å²) in [6, 6.07) is 10.3. The molecule has 0 spiro atoms. The number of halogens is 2. The third-order valence-corrected chi connectivity index (χ3v) is 3.47. The van der Waals surface area contributed by atoms with Crippen molar-refractivity contribution in [2.24, 2.45) is 5.10 Å². The maximum atomic E-state index is 12.7. The molecule has 0 bridgehead atoms. The van der Waals surface area contributed by atoms with Crippen molar-refractivity contribution in [2.75, 3.05) is 13.2 Å². The molecule has 2 aromatic rings. The average Bonchev–Trinajstić information content (AvgIpc) is 2.61. The van der Waals surface area contributed by atoms with Crippen molar-refractivity contribution in [3.8, 4) is 17.2 Å². The van der Waals surface area contributed by atoms with Gasteiger partial charge in [0.15, 0.2) is 18.1 Å². The van der Waals surface area contributed by atoms with Gasteiger partial charge in [-0.15, -0.1) is 0 Å². The summed E-state index contributed by atoms with van der Waals surface area (Å²) in [4.78, 5) is 11.9. The van der Waals surface area contributed by atoms with Gasteiger partial charge in [0.1, 0.15) is 5.75 Å². The Morgan fingerprint density at radius 1 is 1.18 bits per heavy atom. The van der Waals surface area contributed by atoms with Crippen molar-refractivity contribution >= 4 is 12.1 Å². The number of hydrogen-bond acceptors (Lipinski definition) is 5. The van der Waals surface area contributed by atoms with E-state index in [-0.39, 0.29) is 30.3 Å². The number of hydrogen-bond donors (Lipinski definition) is 1. The molecule has 0 heterocycles. The van der Waals surface area contributed by atoms with E-state index >= 15 is 0 Å². The number of carbonyl (C=O) groups is 1. The van der Waals surface area contributed by atoms with Gasteiger partial charge < -0.3 is 14.2 Å². The van der Waals surface area contributed by atoms with Gasteiger partial charge in [0, 0.05) is 5.56 Å². The van der Waals surface area contributed by atoms with E-state index in [0.29, 0.717) is 5.75 Å². The Morgan fingerprint density at radius 2 is 1.89 bits per heavy atom. The van der Waals surface area contributed by atoms with E-state index in [2.05, 4.69) is 15.3 Å². The largest absolute Gasteiger partial charge is 0.490 e. The number of nitrogens with one attached hydrogen (secondary N) is 1. The summed E-state index contributed by atoms with van der Waals surface area (Å²) in [6.07, 6.45) is 1.20. The summed E-state index contributed by atoms with van der Waals surface area (Å²) >= 11 is 0. The topological polar surface area (TPSA) is 69.2 Å². The van der Waals surface area contributed by atoms with Crippen LogP contribution in [0.1, 0.15) is 23.6 Å². The number of nitrogens with zero attached hydrogens (tertiary/aromatic N) is 1. The van der Waals surface area contributed by atoms with Crippen LogP contribution in [0.3, 0.4) is 0 Å². The van der Waals surface area contributed by atoms with Gasteiger partial charge in [-0.3, -0.25) is 4.79 Å². The Morgan fingerprint density at radius 3 is 2.54 bits per heavy atom. The molecule has 0 aliphatic rings. The van der Waals surface area contributed by atoms with E-state index < -0.39 is 12.5 Å². The van der Waals surface area contributed by atoms with Crippen LogP contribution in [0.2, 0.25) is 0 Å². The lowest BCUT2D eigenvalue weighted by Crippen LogP contribution is -2.24. The Bertz CT molecular complexity index is 821. The highest BCUT2D eigenvalue weighted by atomic mass is 19.3. The minimum absolute atomic E-state index is 0.149. The smallest absolute Gasteiger partial charge is 0.387 e. The molecule has 2 aromatic carbocycles. The third-order valence-electron chi connectivity index (χ3n) is 3.47. The molecule has 0 aliphatic carbocycles. The van der Waals surface area contributed by atoms with E-state index in [1.165, 1.54) is 18.3 Å². The van der Waals surface area contributed by atoms with Crippen molar-refractivity contribution in [2.45, 2.75) is 27.4 Å². The Hall–Kier alpha value is -3.16. The summed E-state index contributed by atoms with van der Waals surface area (Å²) in [5.74, 6) is 0.0985. The molecule has 0 unspecified atom stereocenters. The first-order valence-electron chi connectivity index (χ1n) is 8.62. The molecular formula is C20H22F2N2O4. The van der Waals surface area contributed by atoms with Crippen LogP contribution in [0.5, 0.6) is 17.2 Å². The first-order chi connectivity index (χ1) is 13.4. The predicted molar refractivity (Wildman–Crippen MR) is 101 cm³/mol.